The van der Waals surface area contributed by atoms with Crippen molar-refractivity contribution in [1.29, 1.82) is 0 Å². The number of halogens is 1. The number of pyridine rings is 1. The van der Waals surface area contributed by atoms with Crippen molar-refractivity contribution in [3.05, 3.63) is 53.7 Å². The van der Waals surface area contributed by atoms with Gasteiger partial charge in [-0.25, -0.2) is 9.98 Å². The molecule has 32 heavy (non-hydrogen) atoms. The van der Waals surface area contributed by atoms with Crippen LogP contribution in [0, 0.1) is 6.92 Å². The number of ether oxygens (including phenoxy) is 2. The van der Waals surface area contributed by atoms with Gasteiger partial charge in [-0.15, -0.1) is 24.0 Å². The Morgan fingerprint density at radius 3 is 2.88 bits per heavy atom. The van der Waals surface area contributed by atoms with Crippen LogP contribution in [0.1, 0.15) is 31.9 Å². The number of benzene rings is 1. The smallest absolute Gasteiger partial charge is 0.191 e. The molecule has 2 heterocycles. The fraction of sp³-hybridized carbons (Fsp3) is 0.500. The predicted octanol–water partition coefficient (Wildman–Crippen LogP) is 3.76. The summed E-state index contributed by atoms with van der Waals surface area (Å²) >= 11 is 0. The number of aliphatic imine (C=N–C) groups is 1. The second-order valence-corrected chi connectivity index (χ2v) is 7.92. The van der Waals surface area contributed by atoms with E-state index in [1.54, 1.807) is 0 Å². The molecule has 1 aliphatic heterocycles. The van der Waals surface area contributed by atoms with Gasteiger partial charge < -0.3 is 25.0 Å². The zero-order chi connectivity index (χ0) is 22.1. The maximum Gasteiger partial charge on any atom is 0.191 e. The lowest BCUT2D eigenvalue weighted by molar-refractivity contribution is 0.0529. The Morgan fingerprint density at radius 1 is 1.31 bits per heavy atom. The van der Waals surface area contributed by atoms with Crippen molar-refractivity contribution >= 4 is 35.8 Å². The molecule has 7 nitrogen and oxygen atoms in total. The predicted molar refractivity (Wildman–Crippen MR) is 141 cm³/mol. The summed E-state index contributed by atoms with van der Waals surface area (Å²) in [5, 5.41) is 6.69. The highest BCUT2D eigenvalue weighted by atomic mass is 127. The summed E-state index contributed by atoms with van der Waals surface area (Å²) in [4.78, 5) is 11.6. The molecule has 0 saturated carbocycles. The first-order chi connectivity index (χ1) is 15.0. The lowest BCUT2D eigenvalue weighted by Gasteiger charge is -2.32. The molecule has 0 bridgehead atoms. The summed E-state index contributed by atoms with van der Waals surface area (Å²) in [6.07, 6.45) is 2.10. The van der Waals surface area contributed by atoms with E-state index in [0.717, 1.165) is 54.9 Å². The first kappa shape index (κ1) is 26.2. The van der Waals surface area contributed by atoms with Gasteiger partial charge in [0.1, 0.15) is 17.7 Å². The van der Waals surface area contributed by atoms with Crippen molar-refractivity contribution in [2.45, 2.75) is 46.4 Å². The third-order valence-electron chi connectivity index (χ3n) is 5.12. The van der Waals surface area contributed by atoms with Crippen LogP contribution < -0.4 is 20.3 Å². The van der Waals surface area contributed by atoms with Crippen LogP contribution in [0.5, 0.6) is 5.75 Å². The highest BCUT2D eigenvalue weighted by Gasteiger charge is 2.18. The number of hydrogen-bond donors (Lipinski definition) is 2. The Hall–Kier alpha value is -2.07. The van der Waals surface area contributed by atoms with Crippen LogP contribution in [0.2, 0.25) is 0 Å². The normalized spacial score (nSPS) is 17.3. The minimum absolute atomic E-state index is 0. The highest BCUT2D eigenvalue weighted by molar-refractivity contribution is 14.0. The van der Waals surface area contributed by atoms with Crippen molar-refractivity contribution in [3.63, 3.8) is 0 Å². The van der Waals surface area contributed by atoms with E-state index in [4.69, 9.17) is 14.5 Å². The fourth-order valence-corrected chi connectivity index (χ4v) is 3.46. The van der Waals surface area contributed by atoms with Gasteiger partial charge >= 0.3 is 0 Å². The van der Waals surface area contributed by atoms with Crippen molar-refractivity contribution < 1.29 is 9.47 Å². The van der Waals surface area contributed by atoms with E-state index in [1.165, 1.54) is 0 Å². The van der Waals surface area contributed by atoms with E-state index in [1.807, 2.05) is 30.5 Å². The van der Waals surface area contributed by atoms with Crippen LogP contribution in [-0.2, 0) is 11.3 Å². The minimum Gasteiger partial charge on any atom is -0.489 e. The SMILES string of the molecule is CCNC(=NCc1ccnc(N2CCOC(C)C2)c1)NCC(C)Oc1ccccc1C.I. The van der Waals surface area contributed by atoms with Gasteiger partial charge in [0.2, 0.25) is 0 Å². The van der Waals surface area contributed by atoms with E-state index in [0.29, 0.717) is 13.1 Å². The lowest BCUT2D eigenvalue weighted by atomic mass is 10.2. The molecule has 2 N–H and O–H groups in total. The fourth-order valence-electron chi connectivity index (χ4n) is 3.46. The molecule has 1 saturated heterocycles. The second-order valence-electron chi connectivity index (χ2n) is 7.92. The highest BCUT2D eigenvalue weighted by Crippen LogP contribution is 2.18. The topological polar surface area (TPSA) is 71.0 Å². The number of nitrogens with one attached hydrogen (secondary N) is 2. The number of anilines is 1. The summed E-state index contributed by atoms with van der Waals surface area (Å²) in [6.45, 7) is 12.8. The van der Waals surface area contributed by atoms with E-state index < -0.39 is 0 Å². The molecule has 2 atom stereocenters. The number of nitrogens with zero attached hydrogens (tertiary/aromatic N) is 3. The molecule has 0 spiro atoms. The van der Waals surface area contributed by atoms with Gasteiger partial charge in [-0.1, -0.05) is 18.2 Å². The van der Waals surface area contributed by atoms with Crippen LogP contribution in [0.25, 0.3) is 0 Å². The van der Waals surface area contributed by atoms with Crippen LogP contribution in [0.4, 0.5) is 5.82 Å². The molecule has 2 unspecified atom stereocenters. The zero-order valence-corrected chi connectivity index (χ0v) is 21.8. The lowest BCUT2D eigenvalue weighted by Crippen LogP contribution is -2.42. The Morgan fingerprint density at radius 2 is 2.12 bits per heavy atom. The van der Waals surface area contributed by atoms with Gasteiger partial charge in [-0.3, -0.25) is 0 Å². The van der Waals surface area contributed by atoms with Gasteiger partial charge in [0.15, 0.2) is 5.96 Å². The van der Waals surface area contributed by atoms with Gasteiger partial charge in [0.05, 0.1) is 25.8 Å². The van der Waals surface area contributed by atoms with Gasteiger partial charge in [0.25, 0.3) is 0 Å². The Kier molecular flexibility index (Phi) is 11.0. The van der Waals surface area contributed by atoms with Crippen molar-refractivity contribution in [2.24, 2.45) is 4.99 Å². The number of para-hydroxylation sites is 1. The first-order valence-corrected chi connectivity index (χ1v) is 11.1. The molecule has 2 aromatic rings. The maximum absolute atomic E-state index is 6.06. The van der Waals surface area contributed by atoms with Gasteiger partial charge in [0, 0.05) is 25.8 Å². The first-order valence-electron chi connectivity index (χ1n) is 11.1. The molecule has 3 rings (SSSR count). The molecule has 1 aliphatic rings. The molecule has 0 radical (unpaired) electrons. The van der Waals surface area contributed by atoms with Crippen LogP contribution in [0.3, 0.4) is 0 Å². The van der Waals surface area contributed by atoms with Crippen molar-refractivity contribution in [2.75, 3.05) is 37.7 Å². The summed E-state index contributed by atoms with van der Waals surface area (Å²) < 4.78 is 11.7. The third-order valence-corrected chi connectivity index (χ3v) is 5.12. The van der Waals surface area contributed by atoms with Crippen molar-refractivity contribution in [3.8, 4) is 5.75 Å². The Balaban J connectivity index is 0.00000363. The molecular formula is C24H36IN5O2. The minimum atomic E-state index is 0. The summed E-state index contributed by atoms with van der Waals surface area (Å²) in [6, 6.07) is 12.2. The van der Waals surface area contributed by atoms with Gasteiger partial charge in [-0.05, 0) is 57.0 Å². The molecule has 1 fully saturated rings. The second kappa shape index (κ2) is 13.5. The van der Waals surface area contributed by atoms with E-state index in [9.17, 15) is 0 Å². The largest absolute Gasteiger partial charge is 0.489 e. The van der Waals surface area contributed by atoms with Crippen LogP contribution in [0.15, 0.2) is 47.6 Å². The number of rotatable bonds is 8. The molecule has 176 valence electrons. The molecular weight excluding hydrogens is 517 g/mol. The van der Waals surface area contributed by atoms with E-state index >= 15 is 0 Å². The number of aryl methyl sites for hydroxylation is 1. The average molecular weight is 553 g/mol. The summed E-state index contributed by atoms with van der Waals surface area (Å²) in [5.74, 6) is 2.68. The Labute approximate surface area is 209 Å². The monoisotopic (exact) mass is 553 g/mol. The Bertz CT molecular complexity index is 864. The molecule has 1 aromatic heterocycles. The standard InChI is InChI=1S/C24H35N5O2.HI/c1-5-25-24(27-15-19(3)31-22-9-7-6-8-18(22)2)28-16-21-10-11-26-23(14-21)29-12-13-30-20(4)17-29;/h6-11,14,19-20H,5,12-13,15-17H2,1-4H3,(H2,25,27,28);1H. The molecule has 0 amide bonds. The average Bonchev–Trinajstić information content (AvgIpc) is 2.77. The van der Waals surface area contributed by atoms with E-state index in [-0.39, 0.29) is 36.2 Å². The van der Waals surface area contributed by atoms with E-state index in [2.05, 4.69) is 60.3 Å². The summed E-state index contributed by atoms with van der Waals surface area (Å²) in [5.41, 5.74) is 2.27. The quantitative estimate of drug-likeness (QED) is 0.295. The maximum atomic E-state index is 6.06. The molecule has 8 heteroatoms. The van der Waals surface area contributed by atoms with Crippen LogP contribution in [-0.4, -0.2) is 55.9 Å². The zero-order valence-electron chi connectivity index (χ0n) is 19.5. The molecule has 0 aliphatic carbocycles. The number of guanidine groups is 1. The van der Waals surface area contributed by atoms with Crippen LogP contribution >= 0.6 is 24.0 Å². The third kappa shape index (κ3) is 8.12. The van der Waals surface area contributed by atoms with Crippen molar-refractivity contribution in [1.82, 2.24) is 15.6 Å². The van der Waals surface area contributed by atoms with Gasteiger partial charge in [-0.2, -0.15) is 0 Å². The number of morpholine rings is 1. The summed E-state index contributed by atoms with van der Waals surface area (Å²) in [7, 11) is 0. The number of hydrogen-bond acceptors (Lipinski definition) is 5. The number of aromatic nitrogens is 1. The molecule has 1 aromatic carbocycles.